The zero-order valence-corrected chi connectivity index (χ0v) is 15.7. The lowest BCUT2D eigenvalue weighted by atomic mass is 10.1. The van der Waals surface area contributed by atoms with Gasteiger partial charge in [-0.1, -0.05) is 18.2 Å². The number of benzene rings is 2. The monoisotopic (exact) mass is 391 g/mol. The van der Waals surface area contributed by atoms with Crippen LogP contribution in [0.4, 0.5) is 5.69 Å². The van der Waals surface area contributed by atoms with Crippen molar-refractivity contribution in [2.24, 2.45) is 0 Å². The smallest absolute Gasteiger partial charge is 0.264 e. The molecule has 2 rings (SSSR count). The van der Waals surface area contributed by atoms with Crippen molar-refractivity contribution in [2.75, 3.05) is 5.32 Å². The molecule has 0 heterocycles. The summed E-state index contributed by atoms with van der Waals surface area (Å²) in [5.41, 5.74) is 1.82. The third-order valence-electron chi connectivity index (χ3n) is 3.32. The van der Waals surface area contributed by atoms with Crippen LogP contribution in [0.5, 0.6) is 0 Å². The molecule has 2 aromatic rings. The van der Waals surface area contributed by atoms with Gasteiger partial charge in [-0.3, -0.25) is 14.9 Å². The normalized spacial score (nSPS) is 10.7. The molecule has 0 radical (unpaired) electrons. The van der Waals surface area contributed by atoms with Crippen molar-refractivity contribution >= 4 is 44.9 Å². The van der Waals surface area contributed by atoms with Crippen LogP contribution in [-0.4, -0.2) is 25.3 Å². The van der Waals surface area contributed by atoms with E-state index in [9.17, 15) is 18.0 Å². The summed E-state index contributed by atoms with van der Waals surface area (Å²) in [5, 5.41) is 5.44. The number of nitrogens with one attached hydrogen (secondary N) is 3. The summed E-state index contributed by atoms with van der Waals surface area (Å²) in [6.45, 7) is 2.93. The lowest BCUT2D eigenvalue weighted by Gasteiger charge is -2.11. The summed E-state index contributed by atoms with van der Waals surface area (Å²) in [4.78, 5) is 23.1. The Bertz CT molecular complexity index is 954. The summed E-state index contributed by atoms with van der Waals surface area (Å²) >= 11 is 5.10. The van der Waals surface area contributed by atoms with Crippen LogP contribution >= 0.6 is 12.2 Å². The molecule has 3 N–H and O–H groups in total. The summed E-state index contributed by atoms with van der Waals surface area (Å²) in [6.07, 6.45) is 0. The Balaban J connectivity index is 2.03. The maximum Gasteiger partial charge on any atom is 0.264 e. The molecule has 9 heteroatoms. The highest BCUT2D eigenvalue weighted by atomic mass is 32.2. The Labute approximate surface area is 156 Å². The first-order valence-electron chi connectivity index (χ1n) is 7.50. The largest absolute Gasteiger partial charge is 0.332 e. The van der Waals surface area contributed by atoms with Crippen LogP contribution in [-0.2, 0) is 14.8 Å². The summed E-state index contributed by atoms with van der Waals surface area (Å²) < 4.78 is 25.6. The molecule has 0 aliphatic carbocycles. The van der Waals surface area contributed by atoms with Gasteiger partial charge in [0.1, 0.15) is 0 Å². The maximum atomic E-state index is 12.2. The number of hydrogen-bond donors (Lipinski definition) is 3. The van der Waals surface area contributed by atoms with E-state index >= 15 is 0 Å². The number of sulfonamides is 1. The third kappa shape index (κ3) is 5.11. The minimum atomic E-state index is -3.89. The average Bonchev–Trinajstić information content (AvgIpc) is 2.54. The van der Waals surface area contributed by atoms with E-state index in [2.05, 4.69) is 10.6 Å². The average molecular weight is 391 g/mol. The van der Waals surface area contributed by atoms with Gasteiger partial charge in [-0.25, -0.2) is 13.1 Å². The van der Waals surface area contributed by atoms with Crippen molar-refractivity contribution in [3.8, 4) is 0 Å². The third-order valence-corrected chi connectivity index (χ3v) is 4.97. The molecular formula is C17H17N3O4S2. The molecule has 2 aromatic carbocycles. The first kappa shape index (κ1) is 19.5. The highest BCUT2D eigenvalue weighted by molar-refractivity contribution is 7.90. The Morgan fingerprint density at radius 2 is 1.62 bits per heavy atom. The predicted molar refractivity (Wildman–Crippen MR) is 102 cm³/mol. The Morgan fingerprint density at radius 3 is 2.19 bits per heavy atom. The number of carbonyl (C=O) groups is 2. The summed E-state index contributed by atoms with van der Waals surface area (Å²) in [6, 6.07) is 12.7. The van der Waals surface area contributed by atoms with Crippen molar-refractivity contribution in [3.05, 3.63) is 59.7 Å². The zero-order chi connectivity index (χ0) is 19.3. The molecule has 0 aliphatic rings. The van der Waals surface area contributed by atoms with Gasteiger partial charge in [-0.15, -0.1) is 0 Å². The van der Waals surface area contributed by atoms with Gasteiger partial charge in [0.25, 0.3) is 15.9 Å². The van der Waals surface area contributed by atoms with E-state index in [1.807, 2.05) is 23.8 Å². The van der Waals surface area contributed by atoms with Crippen molar-refractivity contribution in [2.45, 2.75) is 18.7 Å². The number of anilines is 1. The molecule has 2 amide bonds. The Kier molecular flexibility index (Phi) is 6.06. The van der Waals surface area contributed by atoms with E-state index in [1.54, 1.807) is 12.1 Å². The van der Waals surface area contributed by atoms with Crippen molar-refractivity contribution in [3.63, 3.8) is 0 Å². The number of thiocarbonyl (C=S) groups is 1. The van der Waals surface area contributed by atoms with Crippen LogP contribution in [0.1, 0.15) is 22.8 Å². The van der Waals surface area contributed by atoms with E-state index in [0.717, 1.165) is 12.5 Å². The van der Waals surface area contributed by atoms with Gasteiger partial charge in [0.2, 0.25) is 5.91 Å². The van der Waals surface area contributed by atoms with E-state index in [0.29, 0.717) is 11.3 Å². The molecule has 136 valence electrons. The molecule has 7 nitrogen and oxygen atoms in total. The second-order valence-corrected chi connectivity index (χ2v) is 7.50. The van der Waals surface area contributed by atoms with E-state index in [-0.39, 0.29) is 15.9 Å². The highest BCUT2D eigenvalue weighted by Crippen LogP contribution is 2.14. The predicted octanol–water partition coefficient (Wildman–Crippen LogP) is 1.95. The van der Waals surface area contributed by atoms with Gasteiger partial charge >= 0.3 is 0 Å². The molecular weight excluding hydrogens is 374 g/mol. The minimum absolute atomic E-state index is 0.0619. The van der Waals surface area contributed by atoms with Gasteiger partial charge in [-0.2, -0.15) is 0 Å². The fraction of sp³-hybridized carbons (Fsp3) is 0.118. The number of aryl methyl sites for hydroxylation is 1. The fourth-order valence-corrected chi connectivity index (χ4v) is 3.33. The molecule has 0 aliphatic heterocycles. The number of carbonyl (C=O) groups excluding carboxylic acids is 2. The molecule has 0 bridgehead atoms. The van der Waals surface area contributed by atoms with E-state index in [4.69, 9.17) is 12.2 Å². The van der Waals surface area contributed by atoms with Crippen LogP contribution in [0.15, 0.2) is 53.4 Å². The molecule has 0 fully saturated rings. The first-order valence-corrected chi connectivity index (χ1v) is 9.39. The minimum Gasteiger partial charge on any atom is -0.332 e. The van der Waals surface area contributed by atoms with E-state index in [1.165, 1.54) is 24.3 Å². The summed E-state index contributed by atoms with van der Waals surface area (Å²) in [5.74, 6) is -1.02. The molecule has 0 spiro atoms. The standard InChI is InChI=1S/C17H17N3O4S2/c1-11-5-3-4-6-15(11)16(22)19-17(25)18-13-7-9-14(10-8-13)26(23,24)20-12(2)21/h3-10H,1-2H3,(H,20,21)(H2,18,19,22,25). The van der Waals surface area contributed by atoms with Crippen LogP contribution < -0.4 is 15.4 Å². The molecule has 0 atom stereocenters. The first-order chi connectivity index (χ1) is 12.2. The molecule has 0 saturated heterocycles. The molecule has 26 heavy (non-hydrogen) atoms. The second-order valence-electron chi connectivity index (χ2n) is 5.41. The van der Waals surface area contributed by atoms with Gasteiger partial charge in [0.05, 0.1) is 4.90 Å². The Morgan fingerprint density at radius 1 is 1.00 bits per heavy atom. The van der Waals surface area contributed by atoms with Crippen molar-refractivity contribution in [1.82, 2.24) is 10.0 Å². The van der Waals surface area contributed by atoms with Gasteiger partial charge in [0, 0.05) is 18.2 Å². The number of hydrogen-bond acceptors (Lipinski definition) is 5. The lowest BCUT2D eigenvalue weighted by Crippen LogP contribution is -2.34. The van der Waals surface area contributed by atoms with Crippen molar-refractivity contribution < 1.29 is 18.0 Å². The van der Waals surface area contributed by atoms with Gasteiger partial charge in [0.15, 0.2) is 5.11 Å². The second kappa shape index (κ2) is 8.07. The number of rotatable bonds is 4. The lowest BCUT2D eigenvalue weighted by molar-refractivity contribution is -0.117. The Hall–Kier alpha value is -2.78. The van der Waals surface area contributed by atoms with Gasteiger partial charge in [-0.05, 0) is 55.0 Å². The topological polar surface area (TPSA) is 104 Å². The zero-order valence-electron chi connectivity index (χ0n) is 14.1. The molecule has 0 unspecified atom stereocenters. The molecule has 0 aromatic heterocycles. The van der Waals surface area contributed by atoms with E-state index < -0.39 is 15.9 Å². The van der Waals surface area contributed by atoms with Crippen LogP contribution in [0.2, 0.25) is 0 Å². The molecule has 0 saturated carbocycles. The quantitative estimate of drug-likeness (QED) is 0.688. The maximum absolute atomic E-state index is 12.2. The van der Waals surface area contributed by atoms with Gasteiger partial charge < -0.3 is 5.32 Å². The highest BCUT2D eigenvalue weighted by Gasteiger charge is 2.15. The van der Waals surface area contributed by atoms with Crippen LogP contribution in [0.3, 0.4) is 0 Å². The van der Waals surface area contributed by atoms with Crippen LogP contribution in [0.25, 0.3) is 0 Å². The SMILES string of the molecule is CC(=O)NS(=O)(=O)c1ccc(NC(=S)NC(=O)c2ccccc2C)cc1. The van der Waals surface area contributed by atoms with Crippen LogP contribution in [0, 0.1) is 6.92 Å². The van der Waals surface area contributed by atoms with Crippen molar-refractivity contribution in [1.29, 1.82) is 0 Å². The number of amides is 2. The summed E-state index contributed by atoms with van der Waals surface area (Å²) in [7, 11) is -3.89. The fourth-order valence-electron chi connectivity index (χ4n) is 2.13.